The number of nitrogens with zero attached hydrogens (tertiary/aromatic N) is 4. The molecule has 0 bridgehead atoms. The molecule has 0 aliphatic heterocycles. The Kier molecular flexibility index (Phi) is 7.77. The molecule has 0 saturated carbocycles. The summed E-state index contributed by atoms with van der Waals surface area (Å²) in [5.74, 6) is 2.52. The second-order valence-electron chi connectivity index (χ2n) is 10.6. The van der Waals surface area contributed by atoms with Gasteiger partial charge in [-0.25, -0.2) is 0 Å². The van der Waals surface area contributed by atoms with Gasteiger partial charge in [0.25, 0.3) is 5.69 Å². The number of nitro benzene ring substituents is 1. The number of ether oxygens (including phenoxy) is 2. The van der Waals surface area contributed by atoms with Gasteiger partial charge in [-0.3, -0.25) is 10.1 Å². The van der Waals surface area contributed by atoms with Crippen molar-refractivity contribution in [3.8, 4) is 39.4 Å². The zero-order valence-corrected chi connectivity index (χ0v) is 23.1. The van der Waals surface area contributed by atoms with E-state index < -0.39 is 4.92 Å². The predicted molar refractivity (Wildman–Crippen MR) is 157 cm³/mol. The van der Waals surface area contributed by atoms with Crippen molar-refractivity contribution in [1.29, 1.82) is 0 Å². The molecule has 40 heavy (non-hydrogen) atoms. The molecule has 1 heterocycles. The molecule has 5 rings (SSSR count). The number of nitro groups is 1. The summed E-state index contributed by atoms with van der Waals surface area (Å²) in [7, 11) is 0. The Morgan fingerprint density at radius 2 is 1.10 bits per heavy atom. The van der Waals surface area contributed by atoms with Crippen LogP contribution in [0.4, 0.5) is 5.69 Å². The molecule has 8 heteroatoms. The van der Waals surface area contributed by atoms with Crippen molar-refractivity contribution < 1.29 is 14.4 Å². The van der Waals surface area contributed by atoms with Gasteiger partial charge >= 0.3 is 0 Å². The molecule has 8 nitrogen and oxygen atoms in total. The quantitative estimate of drug-likeness (QED) is 0.134. The number of non-ortho nitro benzene ring substituents is 1. The van der Waals surface area contributed by atoms with E-state index in [1.165, 1.54) is 16.9 Å². The standard InChI is InChI=1S/C32H32N4O4/c1-21(2)19-39-27-13-5-23(6-14-27)29-17-18-30(24-7-15-28(16-8-24)40-20-22(3)4)32-31(29)33-35(34-32)25-9-11-26(12-10-25)36(37)38/h5-18,21-22H,19-20H2,1-4H3. The van der Waals surface area contributed by atoms with Crippen LogP contribution in [-0.2, 0) is 0 Å². The highest BCUT2D eigenvalue weighted by Crippen LogP contribution is 2.35. The van der Waals surface area contributed by atoms with Crippen LogP contribution in [0.25, 0.3) is 39.0 Å². The molecule has 0 unspecified atom stereocenters. The third-order valence-corrected chi connectivity index (χ3v) is 6.33. The lowest BCUT2D eigenvalue weighted by molar-refractivity contribution is -0.384. The van der Waals surface area contributed by atoms with E-state index in [0.717, 1.165) is 44.8 Å². The van der Waals surface area contributed by atoms with Crippen LogP contribution >= 0.6 is 0 Å². The average Bonchev–Trinajstić information content (AvgIpc) is 3.41. The van der Waals surface area contributed by atoms with E-state index in [1.54, 1.807) is 12.1 Å². The van der Waals surface area contributed by atoms with Gasteiger partial charge < -0.3 is 9.47 Å². The lowest BCUT2D eigenvalue weighted by atomic mass is 9.98. The molecule has 0 aliphatic carbocycles. The van der Waals surface area contributed by atoms with Crippen molar-refractivity contribution in [3.63, 3.8) is 0 Å². The first kappa shape index (κ1) is 26.9. The molecule has 1 aromatic heterocycles. The van der Waals surface area contributed by atoms with Crippen LogP contribution in [0.1, 0.15) is 27.7 Å². The Labute approximate surface area is 233 Å². The SMILES string of the molecule is CC(C)COc1ccc(-c2ccc(-c3ccc(OCC(C)C)cc3)c3nn(-c4ccc([N+](=O)[O-])cc4)nc23)cc1. The van der Waals surface area contributed by atoms with Crippen LogP contribution in [0.2, 0.25) is 0 Å². The molecule has 4 aromatic carbocycles. The van der Waals surface area contributed by atoms with Gasteiger partial charge in [0.15, 0.2) is 0 Å². The number of rotatable bonds is 10. The summed E-state index contributed by atoms with van der Waals surface area (Å²) in [6.07, 6.45) is 0. The molecular formula is C32H32N4O4. The Bertz CT molecular complexity index is 1510. The normalized spacial score (nSPS) is 11.3. The van der Waals surface area contributed by atoms with Crippen molar-refractivity contribution in [2.45, 2.75) is 27.7 Å². The topological polar surface area (TPSA) is 92.3 Å². The summed E-state index contributed by atoms with van der Waals surface area (Å²) in [6.45, 7) is 9.78. The second-order valence-corrected chi connectivity index (χ2v) is 10.6. The van der Waals surface area contributed by atoms with E-state index in [9.17, 15) is 10.1 Å². The van der Waals surface area contributed by atoms with Crippen LogP contribution in [0.3, 0.4) is 0 Å². The van der Waals surface area contributed by atoms with E-state index in [2.05, 4.69) is 39.8 Å². The van der Waals surface area contributed by atoms with Gasteiger partial charge in [0.1, 0.15) is 22.5 Å². The van der Waals surface area contributed by atoms with Gasteiger partial charge in [0, 0.05) is 23.3 Å². The highest BCUT2D eigenvalue weighted by Gasteiger charge is 2.17. The summed E-state index contributed by atoms with van der Waals surface area (Å²) >= 11 is 0. The van der Waals surface area contributed by atoms with Gasteiger partial charge in [0.2, 0.25) is 0 Å². The molecule has 0 N–H and O–H groups in total. The lowest BCUT2D eigenvalue weighted by Gasteiger charge is -2.11. The highest BCUT2D eigenvalue weighted by atomic mass is 16.6. The number of hydrogen-bond acceptors (Lipinski definition) is 6. The molecule has 0 atom stereocenters. The van der Waals surface area contributed by atoms with Gasteiger partial charge in [-0.15, -0.1) is 10.2 Å². The van der Waals surface area contributed by atoms with Crippen LogP contribution in [0.15, 0.2) is 84.9 Å². The summed E-state index contributed by atoms with van der Waals surface area (Å²) in [5, 5.41) is 20.8. The maximum atomic E-state index is 11.1. The fourth-order valence-corrected chi connectivity index (χ4v) is 4.27. The molecule has 0 amide bonds. The molecule has 0 radical (unpaired) electrons. The molecule has 0 saturated heterocycles. The molecule has 204 valence electrons. The van der Waals surface area contributed by atoms with Crippen molar-refractivity contribution in [2.24, 2.45) is 11.8 Å². The van der Waals surface area contributed by atoms with Crippen LogP contribution in [-0.4, -0.2) is 33.1 Å². The number of benzene rings is 4. The maximum Gasteiger partial charge on any atom is 0.269 e. The first-order chi connectivity index (χ1) is 19.3. The molecule has 5 aromatic rings. The largest absolute Gasteiger partial charge is 0.493 e. The van der Waals surface area contributed by atoms with Crippen molar-refractivity contribution in [1.82, 2.24) is 15.0 Å². The average molecular weight is 537 g/mol. The first-order valence-corrected chi connectivity index (χ1v) is 13.4. The molecule has 0 aliphatic rings. The molecular weight excluding hydrogens is 504 g/mol. The van der Waals surface area contributed by atoms with Crippen molar-refractivity contribution >= 4 is 16.7 Å². The highest BCUT2D eigenvalue weighted by molar-refractivity contribution is 6.00. The van der Waals surface area contributed by atoms with Gasteiger partial charge in [0.05, 0.1) is 23.8 Å². The van der Waals surface area contributed by atoms with Crippen molar-refractivity contribution in [3.05, 3.63) is 95.0 Å². The summed E-state index contributed by atoms with van der Waals surface area (Å²) in [5.41, 5.74) is 5.94. The monoisotopic (exact) mass is 536 g/mol. The first-order valence-electron chi connectivity index (χ1n) is 13.4. The predicted octanol–water partition coefficient (Wildman–Crippen LogP) is 7.73. The smallest absolute Gasteiger partial charge is 0.269 e. The summed E-state index contributed by atoms with van der Waals surface area (Å²) in [6, 6.07) is 26.3. The molecule has 0 spiro atoms. The second kappa shape index (κ2) is 11.6. The Hall–Kier alpha value is -4.72. The number of aromatic nitrogens is 3. The molecule has 0 fully saturated rings. The van der Waals surface area contributed by atoms with E-state index in [1.807, 2.05) is 48.5 Å². The zero-order valence-electron chi connectivity index (χ0n) is 23.1. The van der Waals surface area contributed by atoms with Gasteiger partial charge in [-0.05, 0) is 59.4 Å². The minimum Gasteiger partial charge on any atom is -0.493 e. The summed E-state index contributed by atoms with van der Waals surface area (Å²) in [4.78, 5) is 12.2. The van der Waals surface area contributed by atoms with Gasteiger partial charge in [-0.2, -0.15) is 4.80 Å². The Balaban J connectivity index is 1.57. The third kappa shape index (κ3) is 5.96. The zero-order chi connectivity index (χ0) is 28.2. The van der Waals surface area contributed by atoms with E-state index in [4.69, 9.17) is 19.7 Å². The van der Waals surface area contributed by atoms with Crippen LogP contribution in [0.5, 0.6) is 11.5 Å². The minimum absolute atomic E-state index is 0.0152. The number of fused-ring (bicyclic) bond motifs is 1. The van der Waals surface area contributed by atoms with E-state index >= 15 is 0 Å². The number of hydrogen-bond donors (Lipinski definition) is 0. The fourth-order valence-electron chi connectivity index (χ4n) is 4.27. The Morgan fingerprint density at radius 1 is 0.675 bits per heavy atom. The van der Waals surface area contributed by atoms with Crippen LogP contribution < -0.4 is 9.47 Å². The maximum absolute atomic E-state index is 11.1. The van der Waals surface area contributed by atoms with Crippen molar-refractivity contribution in [2.75, 3.05) is 13.2 Å². The minimum atomic E-state index is -0.421. The van der Waals surface area contributed by atoms with Crippen LogP contribution in [0, 0.1) is 22.0 Å². The van der Waals surface area contributed by atoms with E-state index in [-0.39, 0.29) is 5.69 Å². The van der Waals surface area contributed by atoms with Gasteiger partial charge in [-0.1, -0.05) is 64.1 Å². The summed E-state index contributed by atoms with van der Waals surface area (Å²) < 4.78 is 11.7. The fraction of sp³-hybridized carbons (Fsp3) is 0.250. The Morgan fingerprint density at radius 3 is 1.48 bits per heavy atom. The van der Waals surface area contributed by atoms with E-state index in [0.29, 0.717) is 30.7 Å². The lowest BCUT2D eigenvalue weighted by Crippen LogP contribution is -2.04. The third-order valence-electron chi connectivity index (χ3n) is 6.33.